The van der Waals surface area contributed by atoms with E-state index in [-0.39, 0.29) is 11.8 Å². The molecule has 2 amide bonds. The number of benzene rings is 2. The molecular formula is C25H22N4O3S. The number of nitrogens with one attached hydrogen (secondary N) is 1. The molecular weight excluding hydrogens is 436 g/mol. The molecule has 0 saturated carbocycles. The van der Waals surface area contributed by atoms with E-state index in [2.05, 4.69) is 22.3 Å². The molecule has 33 heavy (non-hydrogen) atoms. The normalized spacial score (nSPS) is 17.8. The molecule has 3 aromatic rings. The zero-order valence-electron chi connectivity index (χ0n) is 18.0. The van der Waals surface area contributed by atoms with Crippen LogP contribution in [0.4, 0.5) is 17.1 Å². The van der Waals surface area contributed by atoms with Crippen LogP contribution in [0.1, 0.15) is 18.2 Å². The fourth-order valence-corrected chi connectivity index (χ4v) is 4.83. The van der Waals surface area contributed by atoms with Crippen LogP contribution in [0.3, 0.4) is 0 Å². The summed E-state index contributed by atoms with van der Waals surface area (Å²) in [6, 6.07) is 19.1. The average Bonchev–Trinajstić information content (AvgIpc) is 3.53. The number of furan rings is 1. The van der Waals surface area contributed by atoms with Gasteiger partial charge in [0.1, 0.15) is 5.76 Å². The van der Waals surface area contributed by atoms with Crippen molar-refractivity contribution in [1.29, 1.82) is 0 Å². The first kappa shape index (κ1) is 21.1. The number of carbonyl (C=O) groups excluding carboxylic acids is 2. The maximum Gasteiger partial charge on any atom is 0.268 e. The molecule has 1 fully saturated rings. The molecule has 0 spiro atoms. The van der Waals surface area contributed by atoms with Crippen molar-refractivity contribution in [3.63, 3.8) is 0 Å². The number of rotatable bonds is 5. The summed E-state index contributed by atoms with van der Waals surface area (Å²) in [6.45, 7) is 2.61. The van der Waals surface area contributed by atoms with Crippen LogP contribution in [-0.2, 0) is 22.6 Å². The molecule has 0 atom stereocenters. The van der Waals surface area contributed by atoms with E-state index in [0.717, 1.165) is 18.7 Å². The molecule has 2 aliphatic rings. The Balaban J connectivity index is 1.44. The van der Waals surface area contributed by atoms with Crippen molar-refractivity contribution in [3.8, 4) is 0 Å². The molecule has 1 saturated heterocycles. The lowest BCUT2D eigenvalue weighted by Gasteiger charge is -2.15. The number of carbonyl (C=O) groups is 2. The third kappa shape index (κ3) is 4.56. The van der Waals surface area contributed by atoms with Gasteiger partial charge in [-0.3, -0.25) is 14.5 Å². The van der Waals surface area contributed by atoms with Gasteiger partial charge in [0, 0.05) is 31.0 Å². The Labute approximate surface area is 195 Å². The second kappa shape index (κ2) is 8.99. The zero-order chi connectivity index (χ0) is 22.8. The molecule has 5 rings (SSSR count). The number of para-hydroxylation sites is 1. The Bertz CT molecular complexity index is 1250. The topological polar surface area (TPSA) is 78.2 Å². The second-order valence-electron chi connectivity index (χ2n) is 7.76. The highest BCUT2D eigenvalue weighted by Gasteiger charge is 2.35. The summed E-state index contributed by atoms with van der Waals surface area (Å²) in [4.78, 5) is 33.7. The van der Waals surface area contributed by atoms with E-state index in [1.807, 2.05) is 36.5 Å². The highest BCUT2D eigenvalue weighted by atomic mass is 32.2. The fourth-order valence-electron chi connectivity index (χ4n) is 3.85. The van der Waals surface area contributed by atoms with Crippen LogP contribution < -0.4 is 10.2 Å². The van der Waals surface area contributed by atoms with Crippen LogP contribution in [0, 0.1) is 0 Å². The van der Waals surface area contributed by atoms with Crippen molar-refractivity contribution < 1.29 is 14.0 Å². The Morgan fingerprint density at radius 2 is 1.97 bits per heavy atom. The largest absolute Gasteiger partial charge is 0.467 e. The van der Waals surface area contributed by atoms with Gasteiger partial charge in [0.2, 0.25) is 5.91 Å². The molecule has 7 nitrogen and oxygen atoms in total. The summed E-state index contributed by atoms with van der Waals surface area (Å²) in [6.07, 6.45) is 4.48. The number of hydrogen-bond acceptors (Lipinski definition) is 6. The third-order valence-electron chi connectivity index (χ3n) is 5.39. The number of anilines is 2. The Morgan fingerprint density at radius 3 is 2.73 bits per heavy atom. The van der Waals surface area contributed by atoms with Gasteiger partial charge in [-0.25, -0.2) is 4.99 Å². The van der Waals surface area contributed by atoms with Gasteiger partial charge in [-0.15, -0.1) is 0 Å². The minimum atomic E-state index is -0.131. The van der Waals surface area contributed by atoms with Crippen LogP contribution in [0.15, 0.2) is 87.4 Å². The standard InChI is InChI=1S/C25H22N4O3S/c1-17(30)26-19-8-10-20(11-9-19)27-25-29(15-21-6-4-14-32-21)24(31)23(33-25)16-28-13-12-18-5-2-3-7-22(18)28/h2-11,14,16H,12-13,15H2,1H3,(H,26,30)/b23-16-,27-25-. The highest BCUT2D eigenvalue weighted by molar-refractivity contribution is 8.18. The number of amides is 2. The molecule has 1 N–H and O–H groups in total. The van der Waals surface area contributed by atoms with E-state index < -0.39 is 0 Å². The predicted molar refractivity (Wildman–Crippen MR) is 130 cm³/mol. The maximum atomic E-state index is 13.3. The molecule has 0 bridgehead atoms. The summed E-state index contributed by atoms with van der Waals surface area (Å²) in [5.74, 6) is 0.453. The van der Waals surface area contributed by atoms with Crippen LogP contribution in [-0.4, -0.2) is 28.4 Å². The van der Waals surface area contributed by atoms with E-state index in [9.17, 15) is 9.59 Å². The number of amidine groups is 1. The fraction of sp³-hybridized carbons (Fsp3) is 0.160. The molecule has 3 heterocycles. The van der Waals surface area contributed by atoms with E-state index in [1.165, 1.54) is 24.2 Å². The SMILES string of the molecule is CC(=O)Nc1ccc(/N=C2\S/C(=C\N3CCc4ccccc43)C(=O)N2Cc2ccco2)cc1. The first-order chi connectivity index (χ1) is 16.1. The number of hydrogen-bond donors (Lipinski definition) is 1. The molecule has 0 aliphatic carbocycles. The van der Waals surface area contributed by atoms with Gasteiger partial charge in [-0.05, 0) is 66.2 Å². The maximum absolute atomic E-state index is 13.3. The van der Waals surface area contributed by atoms with Gasteiger partial charge in [0.05, 0.1) is 23.4 Å². The lowest BCUT2D eigenvalue weighted by atomic mass is 10.2. The molecule has 166 valence electrons. The van der Waals surface area contributed by atoms with Crippen molar-refractivity contribution in [2.75, 3.05) is 16.8 Å². The van der Waals surface area contributed by atoms with E-state index in [0.29, 0.717) is 33.8 Å². The first-order valence-corrected chi connectivity index (χ1v) is 11.4. The van der Waals surface area contributed by atoms with Crippen LogP contribution >= 0.6 is 11.8 Å². The minimum Gasteiger partial charge on any atom is -0.467 e. The van der Waals surface area contributed by atoms with Crippen LogP contribution in [0.5, 0.6) is 0 Å². The van der Waals surface area contributed by atoms with Gasteiger partial charge in [-0.2, -0.15) is 0 Å². The van der Waals surface area contributed by atoms with Crippen molar-refractivity contribution in [3.05, 3.63) is 89.4 Å². The summed E-state index contributed by atoms with van der Waals surface area (Å²) in [5, 5.41) is 3.33. The Morgan fingerprint density at radius 1 is 1.15 bits per heavy atom. The second-order valence-corrected chi connectivity index (χ2v) is 8.77. The highest BCUT2D eigenvalue weighted by Crippen LogP contribution is 2.36. The quantitative estimate of drug-likeness (QED) is 0.550. The molecule has 2 aliphatic heterocycles. The van der Waals surface area contributed by atoms with E-state index >= 15 is 0 Å². The molecule has 2 aromatic carbocycles. The third-order valence-corrected chi connectivity index (χ3v) is 6.38. The van der Waals surface area contributed by atoms with Gasteiger partial charge in [0.25, 0.3) is 5.91 Å². The number of nitrogens with zero attached hydrogens (tertiary/aromatic N) is 3. The molecule has 0 unspecified atom stereocenters. The Kier molecular flexibility index (Phi) is 5.75. The van der Waals surface area contributed by atoms with Crippen molar-refractivity contribution in [1.82, 2.24) is 4.90 Å². The molecule has 1 aromatic heterocycles. The lowest BCUT2D eigenvalue weighted by molar-refractivity contribution is -0.122. The molecule has 8 heteroatoms. The molecule has 0 radical (unpaired) electrons. The lowest BCUT2D eigenvalue weighted by Crippen LogP contribution is -2.28. The van der Waals surface area contributed by atoms with E-state index in [1.54, 1.807) is 29.4 Å². The Hall–Kier alpha value is -3.78. The van der Waals surface area contributed by atoms with E-state index in [4.69, 9.17) is 9.41 Å². The van der Waals surface area contributed by atoms with Crippen LogP contribution in [0.2, 0.25) is 0 Å². The smallest absolute Gasteiger partial charge is 0.268 e. The summed E-state index contributed by atoms with van der Waals surface area (Å²) in [5.41, 5.74) is 3.80. The van der Waals surface area contributed by atoms with Crippen molar-refractivity contribution in [2.45, 2.75) is 19.9 Å². The number of thioether (sulfide) groups is 1. The predicted octanol–water partition coefficient (Wildman–Crippen LogP) is 4.91. The first-order valence-electron chi connectivity index (χ1n) is 10.6. The van der Waals surface area contributed by atoms with Crippen LogP contribution in [0.25, 0.3) is 0 Å². The summed E-state index contributed by atoms with van der Waals surface area (Å²) in [7, 11) is 0. The minimum absolute atomic E-state index is 0.102. The van der Waals surface area contributed by atoms with Gasteiger partial charge in [0.15, 0.2) is 5.17 Å². The number of aliphatic imine (C=N–C) groups is 1. The van der Waals surface area contributed by atoms with Crippen molar-refractivity contribution >= 4 is 45.8 Å². The monoisotopic (exact) mass is 458 g/mol. The zero-order valence-corrected chi connectivity index (χ0v) is 18.8. The van der Waals surface area contributed by atoms with Gasteiger partial charge in [-0.1, -0.05) is 18.2 Å². The van der Waals surface area contributed by atoms with Gasteiger partial charge >= 0.3 is 0 Å². The number of fused-ring (bicyclic) bond motifs is 1. The summed E-state index contributed by atoms with van der Waals surface area (Å²) >= 11 is 1.35. The summed E-state index contributed by atoms with van der Waals surface area (Å²) < 4.78 is 5.48. The average molecular weight is 459 g/mol. The van der Waals surface area contributed by atoms with Gasteiger partial charge < -0.3 is 14.6 Å². The van der Waals surface area contributed by atoms with Crippen molar-refractivity contribution in [2.24, 2.45) is 4.99 Å².